The van der Waals surface area contributed by atoms with Crippen LogP contribution in [-0.2, 0) is 22.3 Å². The summed E-state index contributed by atoms with van der Waals surface area (Å²) < 4.78 is 6.43. The molecule has 5 nitrogen and oxygen atoms in total. The van der Waals surface area contributed by atoms with Crippen molar-refractivity contribution in [3.05, 3.63) is 23.5 Å². The van der Waals surface area contributed by atoms with Crippen molar-refractivity contribution >= 4 is 29.1 Å². The van der Waals surface area contributed by atoms with Gasteiger partial charge in [-0.3, -0.25) is 9.48 Å². The normalized spacial score (nSPS) is 12.3. The highest BCUT2D eigenvalue weighted by Gasteiger charge is 2.12. The standard InChI is InChI=1S/C13H17N3O2S2/c1-9(4-12(17)18-3)19-7-11-8-20-13(15-11)10-5-14-16(2)6-10/h5-6,8-9H,4,7H2,1-3H3. The molecule has 0 aliphatic heterocycles. The second kappa shape index (κ2) is 6.90. The van der Waals surface area contributed by atoms with E-state index in [2.05, 4.69) is 20.2 Å². The van der Waals surface area contributed by atoms with E-state index in [0.717, 1.165) is 22.0 Å². The fourth-order valence-electron chi connectivity index (χ4n) is 1.64. The monoisotopic (exact) mass is 311 g/mol. The van der Waals surface area contributed by atoms with Crippen molar-refractivity contribution in [1.29, 1.82) is 0 Å². The van der Waals surface area contributed by atoms with Crippen molar-refractivity contribution in [3.63, 3.8) is 0 Å². The molecular formula is C13H17N3O2S2. The Morgan fingerprint density at radius 3 is 3.05 bits per heavy atom. The van der Waals surface area contributed by atoms with Gasteiger partial charge in [-0.15, -0.1) is 11.3 Å². The Hall–Kier alpha value is -1.34. The van der Waals surface area contributed by atoms with Gasteiger partial charge in [0.15, 0.2) is 0 Å². The van der Waals surface area contributed by atoms with Gasteiger partial charge < -0.3 is 4.74 Å². The minimum atomic E-state index is -0.167. The third-order valence-corrected chi connectivity index (χ3v) is 4.84. The fourth-order valence-corrected chi connectivity index (χ4v) is 3.40. The number of ether oxygens (including phenoxy) is 1. The predicted octanol–water partition coefficient (Wildman–Crippen LogP) is 2.73. The average molecular weight is 311 g/mol. The quantitative estimate of drug-likeness (QED) is 0.768. The third kappa shape index (κ3) is 4.08. The van der Waals surface area contributed by atoms with E-state index >= 15 is 0 Å². The average Bonchev–Trinajstić information content (AvgIpc) is 3.04. The molecule has 20 heavy (non-hydrogen) atoms. The second-order valence-electron chi connectivity index (χ2n) is 4.45. The maximum atomic E-state index is 11.2. The summed E-state index contributed by atoms with van der Waals surface area (Å²) in [6, 6.07) is 0. The van der Waals surface area contributed by atoms with Crippen LogP contribution in [0.3, 0.4) is 0 Å². The van der Waals surface area contributed by atoms with Gasteiger partial charge in [-0.05, 0) is 0 Å². The second-order valence-corrected chi connectivity index (χ2v) is 6.73. The number of aryl methyl sites for hydroxylation is 1. The number of nitrogens with zero attached hydrogens (tertiary/aromatic N) is 3. The summed E-state index contributed by atoms with van der Waals surface area (Å²) in [5.41, 5.74) is 2.08. The molecule has 0 radical (unpaired) electrons. The maximum Gasteiger partial charge on any atom is 0.306 e. The smallest absolute Gasteiger partial charge is 0.306 e. The lowest BCUT2D eigenvalue weighted by Gasteiger charge is -2.08. The molecule has 0 aliphatic carbocycles. The first-order valence-electron chi connectivity index (χ1n) is 6.20. The highest BCUT2D eigenvalue weighted by molar-refractivity contribution is 7.99. The third-order valence-electron chi connectivity index (χ3n) is 2.70. The molecule has 108 valence electrons. The molecule has 0 aromatic carbocycles. The highest BCUT2D eigenvalue weighted by atomic mass is 32.2. The fraction of sp³-hybridized carbons (Fsp3) is 0.462. The summed E-state index contributed by atoms with van der Waals surface area (Å²) in [6.07, 6.45) is 4.20. The Labute approximate surface area is 126 Å². The highest BCUT2D eigenvalue weighted by Crippen LogP contribution is 2.26. The van der Waals surface area contributed by atoms with Crippen molar-refractivity contribution < 1.29 is 9.53 Å². The van der Waals surface area contributed by atoms with E-state index in [1.165, 1.54) is 7.11 Å². The van der Waals surface area contributed by atoms with Gasteiger partial charge >= 0.3 is 5.97 Å². The Kier molecular flexibility index (Phi) is 5.19. The van der Waals surface area contributed by atoms with Gasteiger partial charge in [0, 0.05) is 35.2 Å². The number of hydrogen-bond donors (Lipinski definition) is 0. The van der Waals surface area contributed by atoms with Crippen molar-refractivity contribution in [1.82, 2.24) is 14.8 Å². The molecule has 0 spiro atoms. The summed E-state index contributed by atoms with van der Waals surface area (Å²) in [6.45, 7) is 2.02. The number of methoxy groups -OCH3 is 1. The van der Waals surface area contributed by atoms with Gasteiger partial charge in [-0.25, -0.2) is 4.98 Å². The van der Waals surface area contributed by atoms with E-state index < -0.39 is 0 Å². The lowest BCUT2D eigenvalue weighted by Crippen LogP contribution is -2.08. The Bertz CT molecular complexity index is 580. The zero-order valence-electron chi connectivity index (χ0n) is 11.7. The molecule has 0 amide bonds. The molecule has 0 bridgehead atoms. The molecule has 2 aromatic rings. The largest absolute Gasteiger partial charge is 0.469 e. The van der Waals surface area contributed by atoms with E-state index in [4.69, 9.17) is 0 Å². The minimum absolute atomic E-state index is 0.167. The molecule has 0 saturated carbocycles. The Morgan fingerprint density at radius 2 is 2.40 bits per heavy atom. The molecule has 2 aromatic heterocycles. The maximum absolute atomic E-state index is 11.2. The first-order chi connectivity index (χ1) is 9.58. The zero-order chi connectivity index (χ0) is 14.5. The number of esters is 1. The number of thioether (sulfide) groups is 1. The van der Waals surface area contributed by atoms with Gasteiger partial charge in [0.05, 0.1) is 25.4 Å². The van der Waals surface area contributed by atoms with E-state index in [9.17, 15) is 4.79 Å². The summed E-state index contributed by atoms with van der Waals surface area (Å²) in [5, 5.41) is 7.41. The predicted molar refractivity (Wildman–Crippen MR) is 81.7 cm³/mol. The number of hydrogen-bond acceptors (Lipinski definition) is 6. The first kappa shape index (κ1) is 15.1. The van der Waals surface area contributed by atoms with Crippen LogP contribution in [0.5, 0.6) is 0 Å². The molecule has 0 saturated heterocycles. The Balaban J connectivity index is 1.88. The number of rotatable bonds is 6. The van der Waals surface area contributed by atoms with E-state index in [1.807, 2.05) is 26.4 Å². The minimum Gasteiger partial charge on any atom is -0.469 e. The van der Waals surface area contributed by atoms with Gasteiger partial charge in [0.1, 0.15) is 5.01 Å². The van der Waals surface area contributed by atoms with Crippen LogP contribution in [0.2, 0.25) is 0 Å². The molecular weight excluding hydrogens is 294 g/mol. The molecule has 7 heteroatoms. The lowest BCUT2D eigenvalue weighted by atomic mass is 10.3. The summed E-state index contributed by atoms with van der Waals surface area (Å²) >= 11 is 3.33. The van der Waals surface area contributed by atoms with Crippen LogP contribution in [0.25, 0.3) is 10.6 Å². The van der Waals surface area contributed by atoms with E-state index in [-0.39, 0.29) is 11.2 Å². The van der Waals surface area contributed by atoms with Crippen LogP contribution >= 0.6 is 23.1 Å². The van der Waals surface area contributed by atoms with Gasteiger partial charge in [-0.2, -0.15) is 16.9 Å². The Morgan fingerprint density at radius 1 is 1.60 bits per heavy atom. The molecule has 1 unspecified atom stereocenters. The lowest BCUT2D eigenvalue weighted by molar-refractivity contribution is -0.140. The molecule has 0 aliphatic rings. The summed E-state index contributed by atoms with van der Waals surface area (Å²) in [4.78, 5) is 15.8. The van der Waals surface area contributed by atoms with Crippen molar-refractivity contribution in [3.8, 4) is 10.6 Å². The van der Waals surface area contributed by atoms with Crippen molar-refractivity contribution in [2.24, 2.45) is 7.05 Å². The molecule has 2 heterocycles. The topological polar surface area (TPSA) is 57.0 Å². The number of carbonyl (C=O) groups is 1. The molecule has 2 rings (SSSR count). The molecule has 1 atom stereocenters. The van der Waals surface area contributed by atoms with E-state index in [0.29, 0.717) is 6.42 Å². The molecule has 0 N–H and O–H groups in total. The SMILES string of the molecule is COC(=O)CC(C)SCc1csc(-c2cnn(C)c2)n1. The van der Waals surface area contributed by atoms with Crippen LogP contribution in [-0.4, -0.2) is 33.1 Å². The van der Waals surface area contributed by atoms with Crippen molar-refractivity contribution in [2.45, 2.75) is 24.3 Å². The summed E-state index contributed by atoms with van der Waals surface area (Å²) in [5.74, 6) is 0.633. The van der Waals surface area contributed by atoms with Crippen LogP contribution < -0.4 is 0 Å². The number of carbonyl (C=O) groups excluding carboxylic acids is 1. The molecule has 0 fully saturated rings. The number of aromatic nitrogens is 3. The van der Waals surface area contributed by atoms with Crippen LogP contribution in [0.15, 0.2) is 17.8 Å². The summed E-state index contributed by atoms with van der Waals surface area (Å²) in [7, 11) is 3.31. The van der Waals surface area contributed by atoms with Gasteiger partial charge in [0.2, 0.25) is 0 Å². The van der Waals surface area contributed by atoms with Gasteiger partial charge in [-0.1, -0.05) is 6.92 Å². The van der Waals surface area contributed by atoms with Crippen LogP contribution in [0, 0.1) is 0 Å². The van der Waals surface area contributed by atoms with Crippen LogP contribution in [0.4, 0.5) is 0 Å². The zero-order valence-corrected chi connectivity index (χ0v) is 13.3. The van der Waals surface area contributed by atoms with Gasteiger partial charge in [0.25, 0.3) is 0 Å². The van der Waals surface area contributed by atoms with E-state index in [1.54, 1.807) is 27.8 Å². The van der Waals surface area contributed by atoms with Crippen LogP contribution in [0.1, 0.15) is 19.0 Å². The van der Waals surface area contributed by atoms with Crippen molar-refractivity contribution in [2.75, 3.05) is 7.11 Å². The first-order valence-corrected chi connectivity index (χ1v) is 8.13. The number of thiazole rings is 1.